The van der Waals surface area contributed by atoms with Crippen LogP contribution in [0.4, 0.5) is 4.79 Å². The van der Waals surface area contributed by atoms with Crippen LogP contribution in [0.3, 0.4) is 0 Å². The third kappa shape index (κ3) is 8.02. The predicted octanol–water partition coefficient (Wildman–Crippen LogP) is 3.22. The van der Waals surface area contributed by atoms with Crippen molar-refractivity contribution in [3.8, 4) is 0 Å². The van der Waals surface area contributed by atoms with E-state index in [4.69, 9.17) is 9.47 Å². The van der Waals surface area contributed by atoms with Crippen LogP contribution in [0.15, 0.2) is 0 Å². The molecule has 0 fully saturated rings. The van der Waals surface area contributed by atoms with Crippen LogP contribution in [0.25, 0.3) is 0 Å². The van der Waals surface area contributed by atoms with Crippen LogP contribution in [-0.4, -0.2) is 42.8 Å². The number of ether oxygens (including phenoxy) is 2. The van der Waals surface area contributed by atoms with Crippen molar-refractivity contribution in [2.75, 3.05) is 19.8 Å². The van der Waals surface area contributed by atoms with Crippen molar-refractivity contribution in [3.63, 3.8) is 0 Å². The highest BCUT2D eigenvalue weighted by Gasteiger charge is 2.24. The summed E-state index contributed by atoms with van der Waals surface area (Å²) in [6, 6.07) is -0.217. The van der Waals surface area contributed by atoms with Gasteiger partial charge < -0.3 is 14.4 Å². The van der Waals surface area contributed by atoms with E-state index in [0.29, 0.717) is 25.7 Å². The van der Waals surface area contributed by atoms with Gasteiger partial charge in [-0.15, -0.1) is 0 Å². The molecule has 20 heavy (non-hydrogen) atoms. The van der Waals surface area contributed by atoms with Crippen molar-refractivity contribution in [2.45, 2.75) is 59.9 Å². The van der Waals surface area contributed by atoms with Gasteiger partial charge >= 0.3 is 12.1 Å². The van der Waals surface area contributed by atoms with Crippen LogP contribution in [0, 0.1) is 5.92 Å². The number of esters is 1. The maximum absolute atomic E-state index is 11.9. The zero-order valence-electron chi connectivity index (χ0n) is 13.5. The van der Waals surface area contributed by atoms with E-state index in [2.05, 4.69) is 0 Å². The second kappa shape index (κ2) is 10.5. The molecule has 0 spiro atoms. The first-order valence-electron chi connectivity index (χ1n) is 7.51. The molecule has 0 aliphatic heterocycles. The Morgan fingerprint density at radius 2 is 1.75 bits per heavy atom. The first-order chi connectivity index (χ1) is 9.42. The normalized spacial score (nSPS) is 12.1. The molecule has 1 amide bonds. The molecular weight excluding hydrogens is 258 g/mol. The number of unbranched alkanes of at least 4 members (excludes halogenated alkanes) is 1. The largest absolute Gasteiger partial charge is 0.466 e. The number of amides is 1. The van der Waals surface area contributed by atoms with Crippen molar-refractivity contribution in [3.05, 3.63) is 0 Å². The number of carbonyl (C=O) groups is 2. The van der Waals surface area contributed by atoms with Crippen molar-refractivity contribution in [1.82, 2.24) is 4.90 Å². The fraction of sp³-hybridized carbons (Fsp3) is 0.867. The summed E-state index contributed by atoms with van der Waals surface area (Å²) in [5.41, 5.74) is 0. The Kier molecular flexibility index (Phi) is 9.86. The van der Waals surface area contributed by atoms with Crippen molar-refractivity contribution in [2.24, 2.45) is 5.92 Å². The average molecular weight is 287 g/mol. The summed E-state index contributed by atoms with van der Waals surface area (Å²) in [6.07, 6.45) is 1.70. The Morgan fingerprint density at radius 1 is 1.10 bits per heavy atom. The van der Waals surface area contributed by atoms with Gasteiger partial charge in [-0.1, -0.05) is 27.2 Å². The lowest BCUT2D eigenvalue weighted by molar-refractivity contribution is -0.144. The minimum atomic E-state index is -0.366. The van der Waals surface area contributed by atoms with E-state index in [1.807, 2.05) is 27.7 Å². The topological polar surface area (TPSA) is 55.8 Å². The van der Waals surface area contributed by atoms with Gasteiger partial charge in [0.05, 0.1) is 19.6 Å². The fourth-order valence-electron chi connectivity index (χ4n) is 1.77. The molecule has 0 N–H and O–H groups in total. The van der Waals surface area contributed by atoms with Crippen LogP contribution in [0.1, 0.15) is 53.9 Å². The first kappa shape index (κ1) is 18.7. The third-order valence-corrected chi connectivity index (χ3v) is 2.82. The fourth-order valence-corrected chi connectivity index (χ4v) is 1.77. The van der Waals surface area contributed by atoms with Crippen LogP contribution < -0.4 is 0 Å². The standard InChI is InChI=1S/C15H29NO4/c1-6-8-9-20-14(17)10-13(5)16(11-12(3)4)15(18)19-7-2/h12-13H,6-11H2,1-5H3. The van der Waals surface area contributed by atoms with Crippen LogP contribution >= 0.6 is 0 Å². The smallest absolute Gasteiger partial charge is 0.410 e. The van der Waals surface area contributed by atoms with E-state index in [0.717, 1.165) is 12.8 Å². The van der Waals surface area contributed by atoms with Gasteiger partial charge in [0.1, 0.15) is 0 Å². The van der Waals surface area contributed by atoms with Gasteiger partial charge in [0, 0.05) is 12.6 Å². The van der Waals surface area contributed by atoms with Gasteiger partial charge in [0.25, 0.3) is 0 Å². The molecule has 0 heterocycles. The molecule has 1 atom stereocenters. The molecule has 0 aliphatic carbocycles. The number of nitrogens with zero attached hydrogens (tertiary/aromatic N) is 1. The molecule has 0 radical (unpaired) electrons. The molecule has 0 bridgehead atoms. The molecule has 5 heteroatoms. The Balaban J connectivity index is 4.42. The Labute approximate surface area is 122 Å². The molecule has 0 aromatic rings. The Bertz CT molecular complexity index is 292. The minimum absolute atomic E-state index is 0.204. The zero-order chi connectivity index (χ0) is 15.5. The first-order valence-corrected chi connectivity index (χ1v) is 7.51. The molecule has 0 saturated heterocycles. The van der Waals surface area contributed by atoms with Crippen LogP contribution in [0.2, 0.25) is 0 Å². The van der Waals surface area contributed by atoms with Gasteiger partial charge in [-0.05, 0) is 26.2 Å². The van der Waals surface area contributed by atoms with Crippen molar-refractivity contribution in [1.29, 1.82) is 0 Å². The minimum Gasteiger partial charge on any atom is -0.466 e. The lowest BCUT2D eigenvalue weighted by Gasteiger charge is -2.29. The van der Waals surface area contributed by atoms with Gasteiger partial charge in [-0.25, -0.2) is 4.79 Å². The van der Waals surface area contributed by atoms with E-state index in [1.54, 1.807) is 11.8 Å². The summed E-state index contributed by atoms with van der Waals surface area (Å²) in [7, 11) is 0. The predicted molar refractivity (Wildman–Crippen MR) is 78.5 cm³/mol. The number of hydrogen-bond donors (Lipinski definition) is 0. The monoisotopic (exact) mass is 287 g/mol. The van der Waals surface area contributed by atoms with E-state index >= 15 is 0 Å². The van der Waals surface area contributed by atoms with E-state index in [9.17, 15) is 9.59 Å². The van der Waals surface area contributed by atoms with Gasteiger partial charge in [0.2, 0.25) is 0 Å². The summed E-state index contributed by atoms with van der Waals surface area (Å²) in [5.74, 6) is 0.0574. The molecule has 0 aliphatic rings. The van der Waals surface area contributed by atoms with Crippen molar-refractivity contribution < 1.29 is 19.1 Å². The highest BCUT2D eigenvalue weighted by Crippen LogP contribution is 2.11. The summed E-state index contributed by atoms with van der Waals surface area (Å²) < 4.78 is 10.2. The van der Waals surface area contributed by atoms with E-state index in [-0.39, 0.29) is 24.5 Å². The second-order valence-electron chi connectivity index (χ2n) is 5.37. The summed E-state index contributed by atoms with van der Waals surface area (Å²) in [6.45, 7) is 11.1. The molecule has 0 saturated carbocycles. The summed E-state index contributed by atoms with van der Waals surface area (Å²) in [5, 5.41) is 0. The third-order valence-electron chi connectivity index (χ3n) is 2.82. The Hall–Kier alpha value is -1.26. The summed E-state index contributed by atoms with van der Waals surface area (Å²) in [4.78, 5) is 25.2. The highest BCUT2D eigenvalue weighted by atomic mass is 16.6. The molecule has 0 aromatic carbocycles. The van der Waals surface area contributed by atoms with E-state index < -0.39 is 0 Å². The average Bonchev–Trinajstić information content (AvgIpc) is 2.36. The number of hydrogen-bond acceptors (Lipinski definition) is 4. The highest BCUT2D eigenvalue weighted by molar-refractivity contribution is 5.72. The molecular formula is C15H29NO4. The molecule has 0 aromatic heterocycles. The van der Waals surface area contributed by atoms with Crippen molar-refractivity contribution >= 4 is 12.1 Å². The molecule has 5 nitrogen and oxygen atoms in total. The van der Waals surface area contributed by atoms with Gasteiger partial charge in [-0.3, -0.25) is 4.79 Å². The van der Waals surface area contributed by atoms with E-state index in [1.165, 1.54) is 0 Å². The Morgan fingerprint density at radius 3 is 2.25 bits per heavy atom. The molecule has 1 unspecified atom stereocenters. The maximum Gasteiger partial charge on any atom is 0.410 e. The second-order valence-corrected chi connectivity index (χ2v) is 5.37. The summed E-state index contributed by atoms with van der Waals surface area (Å²) >= 11 is 0. The van der Waals surface area contributed by atoms with Crippen LogP contribution in [0.5, 0.6) is 0 Å². The lowest BCUT2D eigenvalue weighted by atomic mass is 10.1. The lowest BCUT2D eigenvalue weighted by Crippen LogP contribution is -2.42. The maximum atomic E-state index is 11.9. The van der Waals surface area contributed by atoms with Gasteiger partial charge in [0.15, 0.2) is 0 Å². The SMILES string of the molecule is CCCCOC(=O)CC(C)N(CC(C)C)C(=O)OCC. The quantitative estimate of drug-likeness (QED) is 0.482. The molecule has 0 rings (SSSR count). The van der Waals surface area contributed by atoms with Crippen LogP contribution in [-0.2, 0) is 14.3 Å². The zero-order valence-corrected chi connectivity index (χ0v) is 13.5. The number of rotatable bonds is 9. The number of carbonyl (C=O) groups excluding carboxylic acids is 2. The van der Waals surface area contributed by atoms with Gasteiger partial charge in [-0.2, -0.15) is 0 Å². The molecule has 118 valence electrons.